The molecule has 3 nitrogen and oxygen atoms in total. The zero-order valence-electron chi connectivity index (χ0n) is 12.3. The van der Waals surface area contributed by atoms with E-state index in [-0.39, 0.29) is 18.0 Å². The third-order valence-corrected chi connectivity index (χ3v) is 3.24. The molecule has 1 aromatic rings. The Morgan fingerprint density at radius 1 is 1.37 bits per heavy atom. The lowest BCUT2D eigenvalue weighted by molar-refractivity contribution is 0.0563. The molecule has 0 aliphatic heterocycles. The summed E-state index contributed by atoms with van der Waals surface area (Å²) in [6, 6.07) is 4.96. The number of halogens is 1. The second kappa shape index (κ2) is 7.58. The van der Waals surface area contributed by atoms with E-state index in [4.69, 9.17) is 10.5 Å². The topological polar surface area (TPSA) is 38.5 Å². The van der Waals surface area contributed by atoms with Crippen LogP contribution in [0.5, 0.6) is 0 Å². The third-order valence-electron chi connectivity index (χ3n) is 3.24. The molecule has 0 bridgehead atoms. The van der Waals surface area contributed by atoms with Gasteiger partial charge in [-0.25, -0.2) is 4.39 Å². The molecule has 1 aromatic carbocycles. The summed E-state index contributed by atoms with van der Waals surface area (Å²) in [6.07, 6.45) is 0.234. The Balaban J connectivity index is 2.70. The minimum Gasteiger partial charge on any atom is -0.377 e. The van der Waals surface area contributed by atoms with Crippen LogP contribution in [0.4, 0.5) is 4.39 Å². The number of rotatable bonds is 7. The number of benzene rings is 1. The Morgan fingerprint density at radius 3 is 2.58 bits per heavy atom. The predicted molar refractivity (Wildman–Crippen MR) is 76.7 cm³/mol. The van der Waals surface area contributed by atoms with E-state index in [1.165, 1.54) is 6.07 Å². The lowest BCUT2D eigenvalue weighted by Gasteiger charge is -2.28. The molecule has 4 heteroatoms. The summed E-state index contributed by atoms with van der Waals surface area (Å²) in [5.74, 6) is -0.206. The van der Waals surface area contributed by atoms with Gasteiger partial charge in [-0.05, 0) is 51.1 Å². The van der Waals surface area contributed by atoms with Gasteiger partial charge in [0.1, 0.15) is 5.82 Å². The van der Waals surface area contributed by atoms with E-state index in [0.717, 1.165) is 17.7 Å². The lowest BCUT2D eigenvalue weighted by Crippen LogP contribution is -2.34. The van der Waals surface area contributed by atoms with Crippen LogP contribution in [0.15, 0.2) is 18.2 Å². The van der Waals surface area contributed by atoms with Crippen molar-refractivity contribution in [2.45, 2.75) is 32.9 Å². The quantitative estimate of drug-likeness (QED) is 0.825. The summed E-state index contributed by atoms with van der Waals surface area (Å²) in [5.41, 5.74) is 7.88. The van der Waals surface area contributed by atoms with Gasteiger partial charge in [-0.3, -0.25) is 4.90 Å². The number of hydrogen-bond acceptors (Lipinski definition) is 3. The van der Waals surface area contributed by atoms with Crippen LogP contribution in [-0.4, -0.2) is 37.7 Å². The van der Waals surface area contributed by atoms with Crippen molar-refractivity contribution in [3.63, 3.8) is 0 Å². The van der Waals surface area contributed by atoms with Crippen LogP contribution in [0.25, 0.3) is 0 Å². The molecule has 1 unspecified atom stereocenters. The van der Waals surface area contributed by atoms with Crippen LogP contribution in [-0.2, 0) is 4.74 Å². The summed E-state index contributed by atoms with van der Waals surface area (Å²) in [7, 11) is 2.02. The molecule has 0 spiro atoms. The predicted octanol–water partition coefficient (Wildman–Crippen LogP) is 2.49. The first-order valence-corrected chi connectivity index (χ1v) is 6.73. The van der Waals surface area contributed by atoms with Crippen LogP contribution in [0.1, 0.15) is 31.0 Å². The van der Waals surface area contributed by atoms with Gasteiger partial charge >= 0.3 is 0 Å². The highest BCUT2D eigenvalue weighted by molar-refractivity contribution is 5.29. The highest BCUT2D eigenvalue weighted by atomic mass is 19.1. The minimum absolute atomic E-state index is 0.0939. The first kappa shape index (κ1) is 16.1. The maximum atomic E-state index is 13.1. The van der Waals surface area contributed by atoms with Crippen molar-refractivity contribution in [3.8, 4) is 0 Å². The van der Waals surface area contributed by atoms with Crippen molar-refractivity contribution in [1.82, 2.24) is 4.90 Å². The molecule has 0 fully saturated rings. The van der Waals surface area contributed by atoms with Gasteiger partial charge in [0.25, 0.3) is 0 Å². The molecule has 0 saturated carbocycles. The molecule has 19 heavy (non-hydrogen) atoms. The molecule has 0 aliphatic rings. The smallest absolute Gasteiger partial charge is 0.123 e. The van der Waals surface area contributed by atoms with E-state index in [9.17, 15) is 4.39 Å². The van der Waals surface area contributed by atoms with Crippen molar-refractivity contribution < 1.29 is 9.13 Å². The van der Waals surface area contributed by atoms with Crippen molar-refractivity contribution in [2.75, 3.05) is 26.7 Å². The van der Waals surface area contributed by atoms with Gasteiger partial charge in [0.2, 0.25) is 0 Å². The molecular weight excluding hydrogens is 243 g/mol. The fraction of sp³-hybridized carbons (Fsp3) is 0.600. The summed E-state index contributed by atoms with van der Waals surface area (Å²) in [6.45, 7) is 7.93. The van der Waals surface area contributed by atoms with E-state index in [1.54, 1.807) is 6.07 Å². The number of nitrogens with two attached hydrogens (primary N) is 1. The van der Waals surface area contributed by atoms with Crippen LogP contribution in [0, 0.1) is 12.7 Å². The van der Waals surface area contributed by atoms with Gasteiger partial charge in [0.15, 0.2) is 0 Å². The van der Waals surface area contributed by atoms with Crippen molar-refractivity contribution in [2.24, 2.45) is 5.73 Å². The van der Waals surface area contributed by atoms with E-state index in [1.807, 2.05) is 33.9 Å². The highest BCUT2D eigenvalue weighted by Crippen LogP contribution is 2.22. The number of aryl methyl sites for hydroxylation is 1. The van der Waals surface area contributed by atoms with Crippen molar-refractivity contribution in [3.05, 3.63) is 35.1 Å². The maximum Gasteiger partial charge on any atom is 0.123 e. The fourth-order valence-electron chi connectivity index (χ4n) is 2.15. The Morgan fingerprint density at radius 2 is 2.05 bits per heavy atom. The first-order chi connectivity index (χ1) is 8.95. The van der Waals surface area contributed by atoms with Gasteiger partial charge in [0.05, 0.1) is 12.7 Å². The molecule has 1 atom stereocenters. The van der Waals surface area contributed by atoms with Gasteiger partial charge in [-0.2, -0.15) is 0 Å². The van der Waals surface area contributed by atoms with Crippen molar-refractivity contribution >= 4 is 0 Å². The van der Waals surface area contributed by atoms with E-state index < -0.39 is 0 Å². The molecule has 0 aromatic heterocycles. The van der Waals surface area contributed by atoms with Crippen LogP contribution >= 0.6 is 0 Å². The maximum absolute atomic E-state index is 13.1. The number of ether oxygens (including phenoxy) is 1. The fourth-order valence-corrected chi connectivity index (χ4v) is 2.15. The molecule has 0 saturated heterocycles. The van der Waals surface area contributed by atoms with E-state index in [2.05, 4.69) is 4.90 Å². The van der Waals surface area contributed by atoms with E-state index in [0.29, 0.717) is 13.2 Å². The summed E-state index contributed by atoms with van der Waals surface area (Å²) in [5, 5.41) is 0. The first-order valence-electron chi connectivity index (χ1n) is 6.73. The Bertz CT molecular complexity index is 396. The SMILES string of the molecule is Cc1cc(F)ccc1C(CN)N(C)CCOC(C)C. The molecular formula is C15H25FN2O. The molecule has 2 N–H and O–H groups in total. The molecule has 1 rings (SSSR count). The second-order valence-electron chi connectivity index (χ2n) is 5.15. The van der Waals surface area contributed by atoms with Crippen molar-refractivity contribution in [1.29, 1.82) is 0 Å². The minimum atomic E-state index is -0.206. The average Bonchev–Trinajstić information content (AvgIpc) is 2.32. The third kappa shape index (κ3) is 4.90. The Labute approximate surface area is 115 Å². The Hall–Kier alpha value is -0.970. The lowest BCUT2D eigenvalue weighted by atomic mass is 10.00. The second-order valence-corrected chi connectivity index (χ2v) is 5.15. The molecule has 108 valence electrons. The van der Waals surface area contributed by atoms with Gasteiger partial charge in [0, 0.05) is 19.1 Å². The summed E-state index contributed by atoms with van der Waals surface area (Å²) >= 11 is 0. The zero-order valence-corrected chi connectivity index (χ0v) is 12.3. The average molecular weight is 268 g/mol. The van der Waals surface area contributed by atoms with Gasteiger partial charge in [-0.1, -0.05) is 6.07 Å². The normalized spacial score (nSPS) is 13.3. The van der Waals surface area contributed by atoms with Crippen LogP contribution in [0.2, 0.25) is 0 Å². The summed E-state index contributed by atoms with van der Waals surface area (Å²) in [4.78, 5) is 2.16. The largest absolute Gasteiger partial charge is 0.377 e. The molecule has 0 aliphatic carbocycles. The zero-order chi connectivity index (χ0) is 14.4. The van der Waals surface area contributed by atoms with Crippen LogP contribution < -0.4 is 5.73 Å². The number of hydrogen-bond donors (Lipinski definition) is 1. The highest BCUT2D eigenvalue weighted by Gasteiger charge is 2.17. The standard InChI is InChI=1S/C15H25FN2O/c1-11(2)19-8-7-18(4)15(10-17)14-6-5-13(16)9-12(14)3/h5-6,9,11,15H,7-8,10,17H2,1-4H3. The monoisotopic (exact) mass is 268 g/mol. The van der Waals surface area contributed by atoms with Gasteiger partial charge < -0.3 is 10.5 Å². The number of likely N-dealkylation sites (N-methyl/N-ethyl adjacent to an activating group) is 1. The molecule has 0 heterocycles. The molecule has 0 amide bonds. The van der Waals surface area contributed by atoms with Gasteiger partial charge in [-0.15, -0.1) is 0 Å². The Kier molecular flexibility index (Phi) is 6.42. The van der Waals surface area contributed by atoms with Crippen LogP contribution in [0.3, 0.4) is 0 Å². The van der Waals surface area contributed by atoms with E-state index >= 15 is 0 Å². The summed E-state index contributed by atoms with van der Waals surface area (Å²) < 4.78 is 18.7. The molecule has 0 radical (unpaired) electrons. The number of nitrogens with zero attached hydrogens (tertiary/aromatic N) is 1.